The van der Waals surface area contributed by atoms with Gasteiger partial charge in [0.15, 0.2) is 0 Å². The lowest BCUT2D eigenvalue weighted by Crippen LogP contribution is -2.18. The van der Waals surface area contributed by atoms with Crippen LogP contribution in [0.4, 0.5) is 13.2 Å². The van der Waals surface area contributed by atoms with Crippen LogP contribution in [0.2, 0.25) is 0 Å². The van der Waals surface area contributed by atoms with E-state index in [9.17, 15) is 13.2 Å². The van der Waals surface area contributed by atoms with Crippen LogP contribution in [-0.4, -0.2) is 11.3 Å². The molecule has 1 rings (SSSR count). The molecular weight excluding hydrogens is 312 g/mol. The van der Waals surface area contributed by atoms with E-state index in [-0.39, 0.29) is 6.54 Å². The maximum Gasteiger partial charge on any atom is 0.574 e. The number of rotatable bonds is 2. The highest BCUT2D eigenvalue weighted by molar-refractivity contribution is 14.1. The molecule has 0 bridgehead atoms. The third-order valence-corrected chi connectivity index (χ3v) is 1.87. The Kier molecular flexibility index (Phi) is 3.53. The molecule has 7 heteroatoms. The average molecular weight is 318 g/mol. The monoisotopic (exact) mass is 318 g/mol. The second-order valence-electron chi connectivity index (χ2n) is 2.37. The lowest BCUT2D eigenvalue weighted by atomic mass is 10.3. The SMILES string of the molecule is NCc1cc(I)cc(OC(F)(F)F)n1. The van der Waals surface area contributed by atoms with Gasteiger partial charge >= 0.3 is 6.36 Å². The minimum Gasteiger partial charge on any atom is -0.388 e. The lowest BCUT2D eigenvalue weighted by Gasteiger charge is -2.08. The first-order chi connectivity index (χ1) is 6.40. The Morgan fingerprint density at radius 2 is 2.07 bits per heavy atom. The van der Waals surface area contributed by atoms with Crippen molar-refractivity contribution in [2.45, 2.75) is 12.9 Å². The van der Waals surface area contributed by atoms with Crippen molar-refractivity contribution in [3.05, 3.63) is 21.4 Å². The van der Waals surface area contributed by atoms with E-state index in [0.29, 0.717) is 9.26 Å². The minimum absolute atomic E-state index is 0.0745. The minimum atomic E-state index is -4.72. The number of hydrogen-bond donors (Lipinski definition) is 1. The van der Waals surface area contributed by atoms with Gasteiger partial charge in [-0.3, -0.25) is 0 Å². The molecule has 1 aromatic heterocycles. The molecule has 3 nitrogen and oxygen atoms in total. The van der Waals surface area contributed by atoms with E-state index in [1.807, 2.05) is 22.6 Å². The summed E-state index contributed by atoms with van der Waals surface area (Å²) in [6, 6.07) is 2.77. The Morgan fingerprint density at radius 3 is 2.57 bits per heavy atom. The Morgan fingerprint density at radius 1 is 1.43 bits per heavy atom. The summed E-state index contributed by atoms with van der Waals surface area (Å²) in [5.41, 5.74) is 5.61. The Bertz CT molecular complexity index is 329. The first kappa shape index (κ1) is 11.5. The van der Waals surface area contributed by atoms with Crippen molar-refractivity contribution in [3.63, 3.8) is 0 Å². The quantitative estimate of drug-likeness (QED) is 0.849. The highest BCUT2D eigenvalue weighted by atomic mass is 127. The number of pyridine rings is 1. The van der Waals surface area contributed by atoms with Crippen molar-refractivity contribution in [1.29, 1.82) is 0 Å². The van der Waals surface area contributed by atoms with Crippen molar-refractivity contribution >= 4 is 22.6 Å². The van der Waals surface area contributed by atoms with Crippen LogP contribution < -0.4 is 10.5 Å². The molecule has 0 aliphatic heterocycles. The first-order valence-electron chi connectivity index (χ1n) is 3.53. The molecule has 1 heterocycles. The van der Waals surface area contributed by atoms with Crippen LogP contribution in [0.3, 0.4) is 0 Å². The second-order valence-corrected chi connectivity index (χ2v) is 3.61. The largest absolute Gasteiger partial charge is 0.574 e. The zero-order valence-electron chi connectivity index (χ0n) is 6.81. The summed E-state index contributed by atoms with van der Waals surface area (Å²) in [5.74, 6) is -0.482. The number of halogens is 4. The molecule has 0 aliphatic carbocycles. The van der Waals surface area contributed by atoms with Crippen LogP contribution in [0.1, 0.15) is 5.69 Å². The molecular formula is C7H6F3IN2O. The van der Waals surface area contributed by atoms with Gasteiger partial charge in [-0.2, -0.15) is 0 Å². The number of alkyl halides is 3. The molecule has 1 aromatic rings. The number of nitrogens with zero attached hydrogens (tertiary/aromatic N) is 1. The summed E-state index contributed by atoms with van der Waals surface area (Å²) >= 11 is 1.86. The van der Waals surface area contributed by atoms with E-state index in [1.54, 1.807) is 6.07 Å². The zero-order chi connectivity index (χ0) is 10.8. The number of nitrogens with two attached hydrogens (primary N) is 1. The molecule has 0 atom stereocenters. The number of ether oxygens (including phenoxy) is 1. The normalized spacial score (nSPS) is 11.5. The zero-order valence-corrected chi connectivity index (χ0v) is 8.96. The van der Waals surface area contributed by atoms with Gasteiger partial charge in [-0.05, 0) is 28.7 Å². The van der Waals surface area contributed by atoms with Crippen LogP contribution >= 0.6 is 22.6 Å². The maximum atomic E-state index is 11.8. The van der Waals surface area contributed by atoms with Gasteiger partial charge < -0.3 is 10.5 Å². The van der Waals surface area contributed by atoms with E-state index in [2.05, 4.69) is 9.72 Å². The molecule has 0 saturated carbocycles. The molecule has 2 N–H and O–H groups in total. The van der Waals surface area contributed by atoms with Crippen molar-refractivity contribution in [2.24, 2.45) is 5.73 Å². The molecule has 0 aromatic carbocycles. The van der Waals surface area contributed by atoms with Gasteiger partial charge in [0.1, 0.15) is 0 Å². The predicted octanol–water partition coefficient (Wildman–Crippen LogP) is 2.04. The summed E-state index contributed by atoms with van der Waals surface area (Å²) in [5, 5.41) is 0. The third kappa shape index (κ3) is 3.66. The van der Waals surface area contributed by atoms with Gasteiger partial charge in [-0.15, -0.1) is 13.2 Å². The summed E-state index contributed by atoms with van der Waals surface area (Å²) in [4.78, 5) is 3.57. The maximum absolute atomic E-state index is 11.8. The highest BCUT2D eigenvalue weighted by Gasteiger charge is 2.31. The van der Waals surface area contributed by atoms with Crippen molar-refractivity contribution < 1.29 is 17.9 Å². The second kappa shape index (κ2) is 4.30. The van der Waals surface area contributed by atoms with Crippen molar-refractivity contribution in [3.8, 4) is 5.88 Å². The van der Waals surface area contributed by atoms with Crippen molar-refractivity contribution in [2.75, 3.05) is 0 Å². The molecule has 0 amide bonds. The predicted molar refractivity (Wildman–Crippen MR) is 51.5 cm³/mol. The van der Waals surface area contributed by atoms with Gasteiger partial charge in [-0.25, -0.2) is 4.98 Å². The lowest BCUT2D eigenvalue weighted by molar-refractivity contribution is -0.276. The fraction of sp³-hybridized carbons (Fsp3) is 0.286. The molecule has 78 valence electrons. The third-order valence-electron chi connectivity index (χ3n) is 1.25. The van der Waals surface area contributed by atoms with Gasteiger partial charge in [0.2, 0.25) is 5.88 Å². The number of hydrogen-bond acceptors (Lipinski definition) is 3. The van der Waals surface area contributed by atoms with Crippen LogP contribution in [0.5, 0.6) is 5.88 Å². The van der Waals surface area contributed by atoms with E-state index in [4.69, 9.17) is 5.73 Å². The average Bonchev–Trinajstić information content (AvgIpc) is 1.99. The molecule has 0 unspecified atom stereocenters. The van der Waals surface area contributed by atoms with E-state index in [1.165, 1.54) is 6.07 Å². The summed E-state index contributed by atoms with van der Waals surface area (Å²) in [7, 11) is 0. The Balaban J connectivity index is 2.92. The van der Waals surface area contributed by atoms with E-state index in [0.717, 1.165) is 0 Å². The summed E-state index contributed by atoms with van der Waals surface area (Å²) in [6.07, 6.45) is -4.72. The highest BCUT2D eigenvalue weighted by Crippen LogP contribution is 2.22. The van der Waals surface area contributed by atoms with E-state index >= 15 is 0 Å². The molecule has 0 spiro atoms. The fourth-order valence-electron chi connectivity index (χ4n) is 0.800. The first-order valence-corrected chi connectivity index (χ1v) is 4.61. The standard InChI is InChI=1S/C7H6F3IN2O/c8-7(9,10)14-6-2-4(11)1-5(3-12)13-6/h1-2H,3,12H2. The molecule has 0 aliphatic rings. The molecule has 0 saturated heterocycles. The van der Waals surface area contributed by atoms with E-state index < -0.39 is 12.2 Å². The summed E-state index contributed by atoms with van der Waals surface area (Å²) < 4.78 is 39.7. The van der Waals surface area contributed by atoms with Gasteiger partial charge in [0.05, 0.1) is 5.69 Å². The smallest absolute Gasteiger partial charge is 0.388 e. The number of aromatic nitrogens is 1. The Labute approximate surface area is 91.6 Å². The van der Waals surface area contributed by atoms with Gasteiger partial charge in [-0.1, -0.05) is 0 Å². The van der Waals surface area contributed by atoms with Crippen LogP contribution in [0.25, 0.3) is 0 Å². The molecule has 0 radical (unpaired) electrons. The Hall–Kier alpha value is -0.570. The van der Waals surface area contributed by atoms with Crippen LogP contribution in [0.15, 0.2) is 12.1 Å². The fourth-order valence-corrected chi connectivity index (χ4v) is 1.43. The van der Waals surface area contributed by atoms with Crippen LogP contribution in [0, 0.1) is 3.57 Å². The van der Waals surface area contributed by atoms with Gasteiger partial charge in [0, 0.05) is 16.2 Å². The van der Waals surface area contributed by atoms with Crippen LogP contribution in [-0.2, 0) is 6.54 Å². The summed E-state index contributed by atoms with van der Waals surface area (Å²) in [6.45, 7) is 0.0745. The van der Waals surface area contributed by atoms with Crippen molar-refractivity contribution in [1.82, 2.24) is 4.98 Å². The molecule has 14 heavy (non-hydrogen) atoms. The molecule has 0 fully saturated rings. The topological polar surface area (TPSA) is 48.1 Å². The van der Waals surface area contributed by atoms with Gasteiger partial charge in [0.25, 0.3) is 0 Å².